The number of nitro benzene ring substituents is 1. The Labute approximate surface area is 147 Å². The van der Waals surface area contributed by atoms with Crippen molar-refractivity contribution in [2.75, 3.05) is 19.4 Å². The lowest BCUT2D eigenvalue weighted by Crippen LogP contribution is -2.23. The first kappa shape index (κ1) is 19.4. The minimum absolute atomic E-state index is 0.150. The van der Waals surface area contributed by atoms with Crippen LogP contribution in [0.3, 0.4) is 0 Å². The van der Waals surface area contributed by atoms with Crippen molar-refractivity contribution in [1.29, 1.82) is 0 Å². The second-order valence-electron chi connectivity index (χ2n) is 5.31. The van der Waals surface area contributed by atoms with Crippen LogP contribution in [0.1, 0.15) is 10.4 Å². The highest BCUT2D eigenvalue weighted by molar-refractivity contribution is 7.89. The lowest BCUT2D eigenvalue weighted by molar-refractivity contribution is -0.387. The first-order chi connectivity index (χ1) is 12.0. The van der Waals surface area contributed by atoms with E-state index in [4.69, 9.17) is 0 Å². The van der Waals surface area contributed by atoms with Gasteiger partial charge in [-0.1, -0.05) is 0 Å². The van der Waals surface area contributed by atoms with Crippen LogP contribution in [-0.4, -0.2) is 37.6 Å². The highest BCUT2D eigenvalue weighted by Gasteiger charge is 2.22. The molecule has 8 nitrogen and oxygen atoms in total. The van der Waals surface area contributed by atoms with Gasteiger partial charge in [-0.25, -0.2) is 17.1 Å². The van der Waals surface area contributed by atoms with Crippen LogP contribution < -0.4 is 5.32 Å². The van der Waals surface area contributed by atoms with Gasteiger partial charge in [0, 0.05) is 25.8 Å². The Hall–Kier alpha value is -2.92. The molecule has 0 spiro atoms. The summed E-state index contributed by atoms with van der Waals surface area (Å²) in [5.74, 6) is -3.13. The van der Waals surface area contributed by atoms with Crippen LogP contribution in [-0.2, 0) is 10.0 Å². The molecule has 1 amide bonds. The minimum Gasteiger partial charge on any atom is -0.322 e. The van der Waals surface area contributed by atoms with Crippen molar-refractivity contribution < 1.29 is 26.9 Å². The fraction of sp³-hybridized carbons (Fsp3) is 0.133. The Morgan fingerprint density at radius 2 is 1.73 bits per heavy atom. The van der Waals surface area contributed by atoms with Crippen LogP contribution in [0.15, 0.2) is 41.3 Å². The molecular weight excluding hydrogens is 372 g/mol. The predicted octanol–water partition coefficient (Wildman–Crippen LogP) is 2.38. The molecule has 0 aromatic heterocycles. The second kappa shape index (κ2) is 7.14. The van der Waals surface area contributed by atoms with Crippen LogP contribution in [0.4, 0.5) is 20.2 Å². The molecule has 2 aromatic carbocycles. The molecule has 0 atom stereocenters. The zero-order valence-electron chi connectivity index (χ0n) is 13.6. The van der Waals surface area contributed by atoms with Crippen molar-refractivity contribution in [2.45, 2.75) is 4.90 Å². The monoisotopic (exact) mass is 385 g/mol. The largest absolute Gasteiger partial charge is 0.322 e. The van der Waals surface area contributed by atoms with Crippen molar-refractivity contribution in [2.24, 2.45) is 0 Å². The van der Waals surface area contributed by atoms with E-state index in [9.17, 15) is 32.1 Å². The molecule has 1 N–H and O–H groups in total. The van der Waals surface area contributed by atoms with Gasteiger partial charge in [0.1, 0.15) is 5.82 Å². The van der Waals surface area contributed by atoms with Crippen LogP contribution in [0.25, 0.3) is 0 Å². The molecule has 0 aliphatic carbocycles. The third-order valence-corrected chi connectivity index (χ3v) is 5.17. The van der Waals surface area contributed by atoms with Crippen LogP contribution in [0.5, 0.6) is 0 Å². The Morgan fingerprint density at radius 1 is 1.12 bits per heavy atom. The summed E-state index contributed by atoms with van der Waals surface area (Å²) in [6, 6.07) is 5.27. The summed E-state index contributed by atoms with van der Waals surface area (Å²) >= 11 is 0. The molecule has 26 heavy (non-hydrogen) atoms. The maximum absolute atomic E-state index is 13.9. The van der Waals surface area contributed by atoms with Gasteiger partial charge in [0.25, 0.3) is 5.91 Å². The van der Waals surface area contributed by atoms with E-state index in [0.717, 1.165) is 40.7 Å². The van der Waals surface area contributed by atoms with E-state index < -0.39 is 43.7 Å². The number of benzene rings is 2. The van der Waals surface area contributed by atoms with Crippen molar-refractivity contribution >= 4 is 27.3 Å². The van der Waals surface area contributed by atoms with Gasteiger partial charge in [-0.05, 0) is 30.3 Å². The third kappa shape index (κ3) is 3.83. The lowest BCUT2D eigenvalue weighted by Gasteiger charge is -2.13. The molecule has 0 radical (unpaired) electrons. The number of nitro groups is 1. The average molecular weight is 385 g/mol. The number of nitrogens with one attached hydrogen (secondary N) is 1. The minimum atomic E-state index is -3.90. The number of halogens is 2. The molecule has 11 heteroatoms. The standard InChI is InChI=1S/C15H13F2N3O5S/c1-19(2)26(24,25)10-4-6-12(16)11(8-10)15(21)18-9-3-5-13(17)14(7-9)20(22)23/h3-8H,1-2H3,(H,18,21). The lowest BCUT2D eigenvalue weighted by atomic mass is 10.2. The number of rotatable bonds is 5. The molecule has 0 bridgehead atoms. The smallest absolute Gasteiger partial charge is 0.306 e. The van der Waals surface area contributed by atoms with Crippen LogP contribution >= 0.6 is 0 Å². The summed E-state index contributed by atoms with van der Waals surface area (Å²) in [5, 5.41) is 12.9. The van der Waals surface area contributed by atoms with Gasteiger partial charge in [0.15, 0.2) is 0 Å². The van der Waals surface area contributed by atoms with Gasteiger partial charge in [-0.2, -0.15) is 4.39 Å². The number of hydrogen-bond donors (Lipinski definition) is 1. The van der Waals surface area contributed by atoms with Gasteiger partial charge in [0.05, 0.1) is 15.4 Å². The highest BCUT2D eigenvalue weighted by Crippen LogP contribution is 2.23. The predicted molar refractivity (Wildman–Crippen MR) is 88.3 cm³/mol. The van der Waals surface area contributed by atoms with Crippen molar-refractivity contribution in [3.8, 4) is 0 Å². The summed E-state index contributed by atoms with van der Waals surface area (Å²) < 4.78 is 52.3. The Balaban J connectivity index is 2.39. The Bertz CT molecular complexity index is 993. The summed E-state index contributed by atoms with van der Waals surface area (Å²) in [5.41, 5.74) is -1.60. The van der Waals surface area contributed by atoms with Crippen molar-refractivity contribution in [3.05, 3.63) is 63.7 Å². The maximum Gasteiger partial charge on any atom is 0.306 e. The average Bonchev–Trinajstić information content (AvgIpc) is 2.56. The van der Waals surface area contributed by atoms with Gasteiger partial charge >= 0.3 is 5.69 Å². The second-order valence-corrected chi connectivity index (χ2v) is 7.46. The molecule has 2 rings (SSSR count). The zero-order chi connectivity index (χ0) is 19.6. The highest BCUT2D eigenvalue weighted by atomic mass is 32.2. The number of nitrogens with zero attached hydrogens (tertiary/aromatic N) is 2. The van der Waals surface area contributed by atoms with Gasteiger partial charge < -0.3 is 5.32 Å². The molecule has 138 valence electrons. The number of amides is 1. The SMILES string of the molecule is CN(C)S(=O)(=O)c1ccc(F)c(C(=O)Nc2ccc(F)c([N+](=O)[O-])c2)c1. The van der Waals surface area contributed by atoms with Crippen LogP contribution in [0, 0.1) is 21.7 Å². The van der Waals surface area contributed by atoms with E-state index in [1.165, 1.54) is 14.1 Å². The normalized spacial score (nSPS) is 11.4. The molecule has 2 aromatic rings. The van der Waals surface area contributed by atoms with E-state index in [1.54, 1.807) is 0 Å². The molecule has 0 fully saturated rings. The number of carbonyl (C=O) groups is 1. The fourth-order valence-corrected chi connectivity index (χ4v) is 2.91. The fourth-order valence-electron chi connectivity index (χ4n) is 1.98. The molecule has 0 saturated carbocycles. The van der Waals surface area contributed by atoms with E-state index in [0.29, 0.717) is 0 Å². The van der Waals surface area contributed by atoms with E-state index in [-0.39, 0.29) is 10.6 Å². The van der Waals surface area contributed by atoms with E-state index in [1.807, 2.05) is 0 Å². The topological polar surface area (TPSA) is 110 Å². The number of hydrogen-bond acceptors (Lipinski definition) is 5. The van der Waals surface area contributed by atoms with Gasteiger partial charge in [0.2, 0.25) is 15.8 Å². The first-order valence-electron chi connectivity index (χ1n) is 7.01. The molecular formula is C15H13F2N3O5S. The third-order valence-electron chi connectivity index (χ3n) is 3.36. The van der Waals surface area contributed by atoms with E-state index >= 15 is 0 Å². The van der Waals surface area contributed by atoms with Crippen LogP contribution in [0.2, 0.25) is 0 Å². The number of sulfonamides is 1. The molecule has 0 aliphatic rings. The van der Waals surface area contributed by atoms with Gasteiger partial charge in [-0.3, -0.25) is 14.9 Å². The number of carbonyl (C=O) groups excluding carboxylic acids is 1. The molecule has 0 aliphatic heterocycles. The Kier molecular flexibility index (Phi) is 5.33. The maximum atomic E-state index is 13.9. The summed E-state index contributed by atoms with van der Waals surface area (Å²) in [4.78, 5) is 21.7. The number of anilines is 1. The zero-order valence-corrected chi connectivity index (χ0v) is 14.4. The van der Waals surface area contributed by atoms with Crippen molar-refractivity contribution in [3.63, 3.8) is 0 Å². The molecule has 0 heterocycles. The molecule has 0 saturated heterocycles. The van der Waals surface area contributed by atoms with Crippen molar-refractivity contribution in [1.82, 2.24) is 4.31 Å². The summed E-state index contributed by atoms with van der Waals surface area (Å²) in [7, 11) is -1.35. The first-order valence-corrected chi connectivity index (χ1v) is 8.45. The summed E-state index contributed by atoms with van der Waals surface area (Å²) in [6.07, 6.45) is 0. The van der Waals surface area contributed by atoms with Gasteiger partial charge in [-0.15, -0.1) is 0 Å². The van der Waals surface area contributed by atoms with E-state index in [2.05, 4.69) is 5.32 Å². The Morgan fingerprint density at radius 3 is 2.31 bits per heavy atom. The molecule has 0 unspecified atom stereocenters. The quantitative estimate of drug-likeness (QED) is 0.628. The summed E-state index contributed by atoms with van der Waals surface area (Å²) in [6.45, 7) is 0.